The Labute approximate surface area is 96.7 Å². The van der Waals surface area contributed by atoms with Gasteiger partial charge in [-0.25, -0.2) is 0 Å². The van der Waals surface area contributed by atoms with Gasteiger partial charge in [0.1, 0.15) is 11.5 Å². The number of hydrogen-bond donors (Lipinski definition) is 3. The highest BCUT2D eigenvalue weighted by atomic mass is 32.1. The summed E-state index contributed by atoms with van der Waals surface area (Å²) in [5.41, 5.74) is 5.80. The summed E-state index contributed by atoms with van der Waals surface area (Å²) in [6.07, 6.45) is 0. The smallest absolute Gasteiger partial charge is 0.269 e. The van der Waals surface area contributed by atoms with E-state index in [2.05, 4.69) is 15.5 Å². The zero-order valence-corrected chi connectivity index (χ0v) is 9.54. The van der Waals surface area contributed by atoms with E-state index in [4.69, 9.17) is 5.73 Å². The van der Waals surface area contributed by atoms with Gasteiger partial charge in [0.05, 0.1) is 6.04 Å². The molecule has 5 nitrogen and oxygen atoms in total. The van der Waals surface area contributed by atoms with E-state index in [9.17, 15) is 4.79 Å². The first-order valence-corrected chi connectivity index (χ1v) is 5.70. The zero-order chi connectivity index (χ0) is 11.5. The summed E-state index contributed by atoms with van der Waals surface area (Å²) >= 11 is 1.61. The molecule has 6 heteroatoms. The van der Waals surface area contributed by atoms with Gasteiger partial charge in [0, 0.05) is 10.9 Å². The molecule has 1 amide bonds. The number of aromatic nitrogens is 2. The number of thiophene rings is 1. The van der Waals surface area contributed by atoms with Crippen LogP contribution in [0.2, 0.25) is 0 Å². The fourth-order valence-corrected chi connectivity index (χ4v) is 2.07. The second-order valence-corrected chi connectivity index (χ2v) is 4.40. The predicted octanol–water partition coefficient (Wildman–Crippen LogP) is 1.54. The van der Waals surface area contributed by atoms with Crippen LogP contribution in [0.3, 0.4) is 0 Å². The fourth-order valence-electron chi connectivity index (χ4n) is 1.34. The molecule has 0 bridgehead atoms. The Kier molecular flexibility index (Phi) is 2.91. The third-order valence-corrected chi connectivity index (χ3v) is 3.21. The minimum Gasteiger partial charge on any atom is -0.382 e. The van der Waals surface area contributed by atoms with E-state index in [-0.39, 0.29) is 11.9 Å². The lowest BCUT2D eigenvalue weighted by molar-refractivity contribution is 0.0935. The molecule has 0 aromatic carbocycles. The van der Waals surface area contributed by atoms with Crippen molar-refractivity contribution in [1.29, 1.82) is 0 Å². The molecule has 1 atom stereocenters. The third-order valence-electron chi connectivity index (χ3n) is 2.16. The second-order valence-electron chi connectivity index (χ2n) is 3.42. The molecule has 0 aliphatic rings. The molecule has 0 fully saturated rings. The Morgan fingerprint density at radius 2 is 2.50 bits per heavy atom. The Morgan fingerprint density at radius 1 is 1.69 bits per heavy atom. The van der Waals surface area contributed by atoms with Crippen molar-refractivity contribution in [2.24, 2.45) is 0 Å². The van der Waals surface area contributed by atoms with Crippen molar-refractivity contribution in [3.63, 3.8) is 0 Å². The number of aromatic amines is 1. The summed E-state index contributed by atoms with van der Waals surface area (Å²) in [6, 6.07) is 5.43. The summed E-state index contributed by atoms with van der Waals surface area (Å²) < 4.78 is 0. The second kappa shape index (κ2) is 4.36. The first-order valence-electron chi connectivity index (χ1n) is 4.82. The summed E-state index contributed by atoms with van der Waals surface area (Å²) in [6.45, 7) is 1.93. The van der Waals surface area contributed by atoms with E-state index in [0.29, 0.717) is 11.5 Å². The number of H-pyrrole nitrogens is 1. The molecule has 1 unspecified atom stereocenters. The molecule has 2 rings (SSSR count). The van der Waals surface area contributed by atoms with Crippen molar-refractivity contribution >= 4 is 23.1 Å². The van der Waals surface area contributed by atoms with Gasteiger partial charge in [-0.15, -0.1) is 11.3 Å². The largest absolute Gasteiger partial charge is 0.382 e. The maximum absolute atomic E-state index is 11.7. The number of nitrogens with zero attached hydrogens (tertiary/aromatic N) is 1. The van der Waals surface area contributed by atoms with E-state index in [0.717, 1.165) is 4.88 Å². The highest BCUT2D eigenvalue weighted by Gasteiger charge is 2.13. The summed E-state index contributed by atoms with van der Waals surface area (Å²) in [4.78, 5) is 12.8. The van der Waals surface area contributed by atoms with Gasteiger partial charge in [-0.2, -0.15) is 5.10 Å². The van der Waals surface area contributed by atoms with Gasteiger partial charge in [-0.3, -0.25) is 9.89 Å². The van der Waals surface area contributed by atoms with Gasteiger partial charge >= 0.3 is 0 Å². The summed E-state index contributed by atoms with van der Waals surface area (Å²) in [7, 11) is 0. The van der Waals surface area contributed by atoms with E-state index in [1.54, 1.807) is 11.3 Å². The van der Waals surface area contributed by atoms with Gasteiger partial charge in [-0.05, 0) is 18.4 Å². The van der Waals surface area contributed by atoms with Crippen molar-refractivity contribution in [2.75, 3.05) is 5.73 Å². The number of carbonyl (C=O) groups is 1. The zero-order valence-electron chi connectivity index (χ0n) is 8.73. The van der Waals surface area contributed by atoms with Crippen LogP contribution in [-0.4, -0.2) is 16.1 Å². The van der Waals surface area contributed by atoms with E-state index in [1.165, 1.54) is 6.07 Å². The van der Waals surface area contributed by atoms with E-state index >= 15 is 0 Å². The topological polar surface area (TPSA) is 83.8 Å². The lowest BCUT2D eigenvalue weighted by atomic mass is 10.2. The molecule has 0 saturated heterocycles. The van der Waals surface area contributed by atoms with Crippen LogP contribution >= 0.6 is 11.3 Å². The van der Waals surface area contributed by atoms with Crippen LogP contribution in [-0.2, 0) is 0 Å². The maximum Gasteiger partial charge on any atom is 0.269 e. The van der Waals surface area contributed by atoms with Crippen LogP contribution in [0.5, 0.6) is 0 Å². The van der Waals surface area contributed by atoms with Crippen molar-refractivity contribution in [3.05, 3.63) is 34.2 Å². The molecule has 0 aliphatic carbocycles. The van der Waals surface area contributed by atoms with Gasteiger partial charge in [-0.1, -0.05) is 6.07 Å². The average molecular weight is 236 g/mol. The van der Waals surface area contributed by atoms with Crippen molar-refractivity contribution in [3.8, 4) is 0 Å². The lowest BCUT2D eigenvalue weighted by Crippen LogP contribution is -2.26. The Bertz CT molecular complexity index is 477. The number of anilines is 1. The Morgan fingerprint density at radius 3 is 3.06 bits per heavy atom. The van der Waals surface area contributed by atoms with Gasteiger partial charge in [0.2, 0.25) is 0 Å². The molecule has 0 spiro atoms. The van der Waals surface area contributed by atoms with Crippen LogP contribution in [0.4, 0.5) is 5.82 Å². The lowest BCUT2D eigenvalue weighted by Gasteiger charge is -2.10. The standard InChI is InChI=1S/C10H12N4OS/c1-6(8-3-2-4-16-8)12-10(15)7-5-9(11)14-13-7/h2-6H,1H3,(H,12,15)(H3,11,13,14). The minimum absolute atomic E-state index is 0.0166. The number of nitrogen functional groups attached to an aromatic ring is 1. The van der Waals surface area contributed by atoms with Crippen LogP contribution in [0, 0.1) is 0 Å². The molecule has 84 valence electrons. The van der Waals surface area contributed by atoms with Crippen LogP contribution < -0.4 is 11.1 Å². The number of rotatable bonds is 3. The number of nitrogens with two attached hydrogens (primary N) is 1. The normalized spacial score (nSPS) is 12.3. The van der Waals surface area contributed by atoms with Crippen LogP contribution in [0.25, 0.3) is 0 Å². The maximum atomic E-state index is 11.7. The third kappa shape index (κ3) is 2.22. The minimum atomic E-state index is -0.204. The average Bonchev–Trinajstić information content (AvgIpc) is 2.87. The first kappa shape index (κ1) is 10.7. The predicted molar refractivity (Wildman–Crippen MR) is 63.2 cm³/mol. The Hall–Kier alpha value is -1.82. The first-order chi connectivity index (χ1) is 7.66. The molecular formula is C10H12N4OS. The molecular weight excluding hydrogens is 224 g/mol. The number of nitrogens with one attached hydrogen (secondary N) is 2. The van der Waals surface area contributed by atoms with E-state index in [1.807, 2.05) is 24.4 Å². The van der Waals surface area contributed by atoms with Crippen LogP contribution in [0.15, 0.2) is 23.6 Å². The molecule has 0 radical (unpaired) electrons. The highest BCUT2D eigenvalue weighted by molar-refractivity contribution is 7.10. The molecule has 2 heterocycles. The van der Waals surface area contributed by atoms with Gasteiger partial charge < -0.3 is 11.1 Å². The van der Waals surface area contributed by atoms with Gasteiger partial charge in [0.15, 0.2) is 0 Å². The van der Waals surface area contributed by atoms with Crippen molar-refractivity contribution in [1.82, 2.24) is 15.5 Å². The Balaban J connectivity index is 2.03. The quantitative estimate of drug-likeness (QED) is 0.756. The van der Waals surface area contributed by atoms with Crippen molar-refractivity contribution in [2.45, 2.75) is 13.0 Å². The monoisotopic (exact) mass is 236 g/mol. The number of carbonyl (C=O) groups excluding carboxylic acids is 1. The molecule has 0 saturated carbocycles. The summed E-state index contributed by atoms with van der Waals surface area (Å²) in [5.74, 6) is 0.110. The molecule has 2 aromatic rings. The summed E-state index contributed by atoms with van der Waals surface area (Å²) in [5, 5.41) is 11.1. The number of amides is 1. The van der Waals surface area contributed by atoms with E-state index < -0.39 is 0 Å². The molecule has 4 N–H and O–H groups in total. The SMILES string of the molecule is CC(NC(=O)c1cc(N)n[nH]1)c1cccs1. The van der Waals surface area contributed by atoms with Crippen molar-refractivity contribution < 1.29 is 4.79 Å². The molecule has 2 aromatic heterocycles. The molecule has 0 aliphatic heterocycles. The number of hydrogen-bond acceptors (Lipinski definition) is 4. The fraction of sp³-hybridized carbons (Fsp3) is 0.200. The van der Waals surface area contributed by atoms with Gasteiger partial charge in [0.25, 0.3) is 5.91 Å². The van der Waals surface area contributed by atoms with Crippen LogP contribution in [0.1, 0.15) is 28.3 Å². The molecule has 16 heavy (non-hydrogen) atoms. The highest BCUT2D eigenvalue weighted by Crippen LogP contribution is 2.18.